The van der Waals surface area contributed by atoms with E-state index in [1.165, 1.54) is 0 Å². The van der Waals surface area contributed by atoms with Crippen LogP contribution in [0.5, 0.6) is 0 Å². The Morgan fingerprint density at radius 3 is 1.18 bits per heavy atom. The molecule has 0 aromatic carbocycles. The molecule has 0 atom stereocenters. The van der Waals surface area contributed by atoms with Crippen molar-refractivity contribution in [2.75, 3.05) is 0 Å². The lowest BCUT2D eigenvalue weighted by Gasteiger charge is -2.41. The van der Waals surface area contributed by atoms with Gasteiger partial charge in [-0.25, -0.2) is 3.17 Å². The quantitative estimate of drug-likeness (QED) is 0.536. The van der Waals surface area contributed by atoms with Crippen LogP contribution < -0.4 is 0 Å². The molecule has 0 aromatic heterocycles. The first-order valence-corrected chi connectivity index (χ1v) is 4.66. The van der Waals surface area contributed by atoms with Crippen molar-refractivity contribution in [3.05, 3.63) is 0 Å². The molecule has 0 radical (unpaired) electrons. The van der Waals surface area contributed by atoms with Gasteiger partial charge in [-0.2, -0.15) is 5.06 Å². The van der Waals surface area contributed by atoms with Crippen LogP contribution in [0.15, 0.2) is 0 Å². The predicted octanol–water partition coefficient (Wildman–Crippen LogP) is 3.17. The summed E-state index contributed by atoms with van der Waals surface area (Å²) < 4.78 is 5.28. The number of halogens is 1. The SMILES string of the molecule is CC(C)(C)N(OI)C(C)(C)C. The fourth-order valence-corrected chi connectivity index (χ4v) is 2.39. The van der Waals surface area contributed by atoms with E-state index in [1.54, 1.807) is 0 Å². The van der Waals surface area contributed by atoms with Crippen molar-refractivity contribution in [1.82, 2.24) is 5.06 Å². The van der Waals surface area contributed by atoms with Gasteiger partial charge in [0.1, 0.15) is 23.0 Å². The van der Waals surface area contributed by atoms with Crippen LogP contribution in [-0.2, 0) is 3.17 Å². The Hall–Kier alpha value is 0.650. The van der Waals surface area contributed by atoms with Crippen molar-refractivity contribution in [3.8, 4) is 0 Å². The van der Waals surface area contributed by atoms with E-state index in [4.69, 9.17) is 3.17 Å². The maximum Gasteiger partial charge on any atom is 0.137 e. The lowest BCUT2D eigenvalue weighted by Crippen LogP contribution is -2.50. The van der Waals surface area contributed by atoms with Gasteiger partial charge >= 0.3 is 0 Å². The lowest BCUT2D eigenvalue weighted by atomic mass is 10.0. The maximum absolute atomic E-state index is 5.28. The highest BCUT2D eigenvalue weighted by molar-refractivity contribution is 14.1. The van der Waals surface area contributed by atoms with E-state index in [9.17, 15) is 0 Å². The molecule has 0 amide bonds. The molecule has 0 aliphatic heterocycles. The Morgan fingerprint density at radius 2 is 1.18 bits per heavy atom. The fourth-order valence-electron chi connectivity index (χ4n) is 1.21. The van der Waals surface area contributed by atoms with E-state index in [1.807, 2.05) is 28.1 Å². The minimum atomic E-state index is 0.0550. The second-order valence-electron chi connectivity index (χ2n) is 4.71. The first kappa shape index (κ1) is 11.6. The van der Waals surface area contributed by atoms with Crippen LogP contribution >= 0.6 is 23.0 Å². The highest BCUT2D eigenvalue weighted by Crippen LogP contribution is 2.26. The van der Waals surface area contributed by atoms with Crippen molar-refractivity contribution in [1.29, 1.82) is 0 Å². The molecule has 0 rings (SSSR count). The topological polar surface area (TPSA) is 12.5 Å². The van der Waals surface area contributed by atoms with E-state index in [2.05, 4.69) is 41.5 Å². The summed E-state index contributed by atoms with van der Waals surface area (Å²) in [5, 5.41) is 1.99. The third kappa shape index (κ3) is 3.71. The Morgan fingerprint density at radius 1 is 0.909 bits per heavy atom. The normalized spacial score (nSPS) is 14.2. The summed E-state index contributed by atoms with van der Waals surface area (Å²) in [6.07, 6.45) is 0. The number of rotatable bonds is 1. The summed E-state index contributed by atoms with van der Waals surface area (Å²) in [7, 11) is 0. The van der Waals surface area contributed by atoms with Gasteiger partial charge in [-0.15, -0.1) is 0 Å². The van der Waals surface area contributed by atoms with E-state index in [-0.39, 0.29) is 11.1 Å². The number of hydrogen-bond acceptors (Lipinski definition) is 2. The summed E-state index contributed by atoms with van der Waals surface area (Å²) in [4.78, 5) is 0. The Labute approximate surface area is 83.9 Å². The summed E-state index contributed by atoms with van der Waals surface area (Å²) in [5.74, 6) is 0. The van der Waals surface area contributed by atoms with Crippen LogP contribution in [-0.4, -0.2) is 16.1 Å². The van der Waals surface area contributed by atoms with Gasteiger partial charge < -0.3 is 0 Å². The monoisotopic (exact) mass is 271 g/mol. The molecular formula is C8H18INO. The van der Waals surface area contributed by atoms with Gasteiger partial charge in [0.25, 0.3) is 0 Å². The first-order chi connectivity index (χ1) is 4.69. The maximum atomic E-state index is 5.28. The van der Waals surface area contributed by atoms with Crippen molar-refractivity contribution in [2.24, 2.45) is 0 Å². The van der Waals surface area contributed by atoms with Crippen LogP contribution in [0.2, 0.25) is 0 Å². The van der Waals surface area contributed by atoms with Gasteiger partial charge in [0.2, 0.25) is 0 Å². The molecule has 3 heteroatoms. The zero-order chi connectivity index (χ0) is 9.28. The summed E-state index contributed by atoms with van der Waals surface area (Å²) in [5.41, 5.74) is 0.110. The predicted molar refractivity (Wildman–Crippen MR) is 56.5 cm³/mol. The molecule has 0 N–H and O–H groups in total. The van der Waals surface area contributed by atoms with Crippen molar-refractivity contribution in [3.63, 3.8) is 0 Å². The largest absolute Gasteiger partial charge is 0.229 e. The standard InChI is InChI=1S/C8H18INO/c1-7(2,3)10(11-9)8(4,5)6/h1-6H3. The van der Waals surface area contributed by atoms with Crippen molar-refractivity contribution < 1.29 is 3.17 Å². The lowest BCUT2D eigenvalue weighted by molar-refractivity contribution is -0.154. The zero-order valence-electron chi connectivity index (χ0n) is 8.23. The molecule has 0 spiro atoms. The minimum Gasteiger partial charge on any atom is -0.229 e. The van der Waals surface area contributed by atoms with Crippen LogP contribution in [0.3, 0.4) is 0 Å². The molecular weight excluding hydrogens is 253 g/mol. The molecule has 2 nitrogen and oxygen atoms in total. The Balaban J connectivity index is 4.43. The number of hydroxylamine groups is 2. The van der Waals surface area contributed by atoms with Crippen molar-refractivity contribution in [2.45, 2.75) is 52.6 Å². The minimum absolute atomic E-state index is 0.0550. The van der Waals surface area contributed by atoms with Gasteiger partial charge in [0.05, 0.1) is 0 Å². The second-order valence-corrected chi connectivity index (χ2v) is 5.10. The van der Waals surface area contributed by atoms with Gasteiger partial charge in [-0.1, -0.05) is 0 Å². The van der Waals surface area contributed by atoms with Gasteiger partial charge in [-0.3, -0.25) is 0 Å². The molecule has 0 heterocycles. The molecule has 0 fully saturated rings. The summed E-state index contributed by atoms with van der Waals surface area (Å²) in [6.45, 7) is 12.8. The van der Waals surface area contributed by atoms with Crippen LogP contribution in [0.4, 0.5) is 0 Å². The van der Waals surface area contributed by atoms with Crippen molar-refractivity contribution >= 4 is 23.0 Å². The molecule has 11 heavy (non-hydrogen) atoms. The Bertz CT molecular complexity index is 109. The third-order valence-electron chi connectivity index (χ3n) is 1.29. The molecule has 0 bridgehead atoms. The molecule has 0 saturated carbocycles. The van der Waals surface area contributed by atoms with Crippen LogP contribution in [0.1, 0.15) is 41.5 Å². The molecule has 68 valence electrons. The second kappa shape index (κ2) is 3.58. The van der Waals surface area contributed by atoms with Gasteiger partial charge in [-0.05, 0) is 41.5 Å². The number of hydrogen-bond donors (Lipinski definition) is 0. The molecule has 0 saturated heterocycles. The van der Waals surface area contributed by atoms with E-state index in [0.717, 1.165) is 0 Å². The third-order valence-corrected chi connectivity index (χ3v) is 1.68. The van der Waals surface area contributed by atoms with Crippen LogP contribution in [0.25, 0.3) is 0 Å². The molecule has 0 unspecified atom stereocenters. The number of nitrogens with zero attached hydrogens (tertiary/aromatic N) is 1. The van der Waals surface area contributed by atoms with E-state index >= 15 is 0 Å². The smallest absolute Gasteiger partial charge is 0.137 e. The van der Waals surface area contributed by atoms with Gasteiger partial charge in [0.15, 0.2) is 0 Å². The molecule has 0 aromatic rings. The average molecular weight is 271 g/mol. The first-order valence-electron chi connectivity index (χ1n) is 3.78. The highest BCUT2D eigenvalue weighted by Gasteiger charge is 2.32. The van der Waals surface area contributed by atoms with Gasteiger partial charge in [0, 0.05) is 11.1 Å². The molecule has 0 aliphatic rings. The van der Waals surface area contributed by atoms with Crippen LogP contribution in [0, 0.1) is 0 Å². The highest BCUT2D eigenvalue weighted by atomic mass is 127. The fraction of sp³-hybridized carbons (Fsp3) is 1.00. The average Bonchev–Trinajstić information content (AvgIpc) is 1.56. The zero-order valence-corrected chi connectivity index (χ0v) is 10.4. The summed E-state index contributed by atoms with van der Waals surface area (Å²) >= 11 is 1.93. The van der Waals surface area contributed by atoms with E-state index < -0.39 is 0 Å². The molecule has 0 aliphatic carbocycles. The Kier molecular flexibility index (Phi) is 3.79. The van der Waals surface area contributed by atoms with E-state index in [0.29, 0.717) is 0 Å². The summed E-state index contributed by atoms with van der Waals surface area (Å²) in [6, 6.07) is 0.